The summed E-state index contributed by atoms with van der Waals surface area (Å²) in [6, 6.07) is 9.23. The van der Waals surface area contributed by atoms with E-state index in [1.807, 2.05) is 32.0 Å². The lowest BCUT2D eigenvalue weighted by Gasteiger charge is -2.20. The normalized spacial score (nSPS) is 14.5. The van der Waals surface area contributed by atoms with Gasteiger partial charge in [0.05, 0.1) is 25.0 Å². The molecule has 0 fully saturated rings. The molecule has 2 aromatic rings. The smallest absolute Gasteiger partial charge is 0.278 e. The fourth-order valence-electron chi connectivity index (χ4n) is 3.22. The predicted octanol–water partition coefficient (Wildman–Crippen LogP) is 2.10. The molecule has 0 spiro atoms. The highest BCUT2D eigenvalue weighted by Gasteiger charge is 2.41. The molecule has 1 aromatic heterocycles. The Balaban J connectivity index is 2.08. The number of hydrogen-bond donors (Lipinski definition) is 1. The van der Waals surface area contributed by atoms with E-state index in [1.165, 1.54) is 11.2 Å². The monoisotopic (exact) mass is 354 g/mol. The second kappa shape index (κ2) is 7.17. The SMILES string of the molecule is Cc1ccc(C2=C(N(C)CCO)C(=O)N(Cc3ccco3)C2=O)c(C)c1. The summed E-state index contributed by atoms with van der Waals surface area (Å²) in [7, 11) is 1.71. The zero-order valence-electron chi connectivity index (χ0n) is 15.2. The molecule has 6 nitrogen and oxygen atoms in total. The van der Waals surface area contributed by atoms with Gasteiger partial charge in [0.15, 0.2) is 0 Å². The van der Waals surface area contributed by atoms with Crippen molar-refractivity contribution in [3.63, 3.8) is 0 Å². The van der Waals surface area contributed by atoms with E-state index < -0.39 is 0 Å². The number of aryl methyl sites for hydroxylation is 2. The zero-order chi connectivity index (χ0) is 18.8. The van der Waals surface area contributed by atoms with Crippen LogP contribution in [0.15, 0.2) is 46.7 Å². The van der Waals surface area contributed by atoms with Crippen molar-refractivity contribution in [2.45, 2.75) is 20.4 Å². The third kappa shape index (κ3) is 3.15. The van der Waals surface area contributed by atoms with E-state index in [0.717, 1.165) is 16.7 Å². The number of carbonyl (C=O) groups is 2. The topological polar surface area (TPSA) is 74.0 Å². The maximum Gasteiger partial charge on any atom is 0.278 e. The average molecular weight is 354 g/mol. The Morgan fingerprint density at radius 2 is 1.92 bits per heavy atom. The van der Waals surface area contributed by atoms with E-state index in [1.54, 1.807) is 24.1 Å². The van der Waals surface area contributed by atoms with E-state index >= 15 is 0 Å². The van der Waals surface area contributed by atoms with E-state index in [-0.39, 0.29) is 31.5 Å². The molecule has 0 saturated heterocycles. The third-order valence-corrected chi connectivity index (χ3v) is 4.51. The number of nitrogens with zero attached hydrogens (tertiary/aromatic N) is 2. The van der Waals surface area contributed by atoms with Crippen LogP contribution < -0.4 is 0 Å². The highest BCUT2D eigenvalue weighted by molar-refractivity contribution is 6.35. The maximum atomic E-state index is 13.1. The number of rotatable bonds is 6. The van der Waals surface area contributed by atoms with Gasteiger partial charge in [-0.3, -0.25) is 14.5 Å². The summed E-state index contributed by atoms with van der Waals surface area (Å²) in [5, 5.41) is 9.28. The summed E-state index contributed by atoms with van der Waals surface area (Å²) in [6.45, 7) is 4.13. The Kier molecular flexibility index (Phi) is 4.95. The number of aliphatic hydroxyl groups is 1. The molecule has 0 atom stereocenters. The van der Waals surface area contributed by atoms with Crippen LogP contribution in [0, 0.1) is 13.8 Å². The van der Waals surface area contributed by atoms with Crippen LogP contribution in [0.2, 0.25) is 0 Å². The number of aliphatic hydroxyl groups excluding tert-OH is 1. The number of carbonyl (C=O) groups excluding carboxylic acids is 2. The number of furan rings is 1. The van der Waals surface area contributed by atoms with Gasteiger partial charge in [-0.2, -0.15) is 0 Å². The van der Waals surface area contributed by atoms with E-state index in [2.05, 4.69) is 0 Å². The lowest BCUT2D eigenvalue weighted by Crippen LogP contribution is -2.34. The summed E-state index contributed by atoms with van der Waals surface area (Å²) in [6.07, 6.45) is 1.51. The van der Waals surface area contributed by atoms with E-state index in [0.29, 0.717) is 17.0 Å². The van der Waals surface area contributed by atoms with Crippen LogP contribution in [0.25, 0.3) is 5.57 Å². The molecule has 0 unspecified atom stereocenters. The summed E-state index contributed by atoms with van der Waals surface area (Å²) >= 11 is 0. The van der Waals surface area contributed by atoms with E-state index in [9.17, 15) is 14.7 Å². The van der Waals surface area contributed by atoms with E-state index in [4.69, 9.17) is 4.42 Å². The summed E-state index contributed by atoms with van der Waals surface area (Å²) in [5.74, 6) is -0.187. The molecule has 1 aliphatic rings. The van der Waals surface area contributed by atoms with Crippen molar-refractivity contribution in [2.24, 2.45) is 0 Å². The molecular weight excluding hydrogens is 332 g/mol. The van der Waals surface area contributed by atoms with Crippen LogP contribution in [-0.4, -0.2) is 46.9 Å². The van der Waals surface area contributed by atoms with Gasteiger partial charge >= 0.3 is 0 Å². The van der Waals surface area contributed by atoms with Crippen molar-refractivity contribution in [3.05, 3.63) is 64.7 Å². The molecule has 0 bridgehead atoms. The van der Waals surface area contributed by atoms with Gasteiger partial charge in [0.1, 0.15) is 11.5 Å². The number of likely N-dealkylation sites (N-methyl/N-ethyl adjacent to an activating group) is 1. The van der Waals surface area contributed by atoms with Crippen LogP contribution in [-0.2, 0) is 16.1 Å². The number of hydrogen-bond acceptors (Lipinski definition) is 5. The van der Waals surface area contributed by atoms with Gasteiger partial charge in [-0.05, 0) is 37.1 Å². The van der Waals surface area contributed by atoms with Crippen molar-refractivity contribution in [3.8, 4) is 0 Å². The van der Waals surface area contributed by atoms with Gasteiger partial charge in [-0.15, -0.1) is 0 Å². The standard InChI is InChI=1S/C20H22N2O4/c1-13-6-7-16(14(2)11-13)17-18(21(3)8-9-23)20(25)22(19(17)24)12-15-5-4-10-26-15/h4-7,10-11,23H,8-9,12H2,1-3H3. The third-order valence-electron chi connectivity index (χ3n) is 4.51. The van der Waals surface area contributed by atoms with Gasteiger partial charge in [0.25, 0.3) is 11.8 Å². The molecule has 0 saturated carbocycles. The minimum atomic E-state index is -0.377. The first-order valence-electron chi connectivity index (χ1n) is 8.46. The zero-order valence-corrected chi connectivity index (χ0v) is 15.2. The first kappa shape index (κ1) is 17.9. The first-order valence-corrected chi connectivity index (χ1v) is 8.46. The molecule has 0 aliphatic carbocycles. The predicted molar refractivity (Wildman–Crippen MR) is 96.8 cm³/mol. The maximum absolute atomic E-state index is 13.1. The minimum absolute atomic E-state index is 0.0789. The van der Waals surface area contributed by atoms with Gasteiger partial charge in [0, 0.05) is 13.6 Å². The quantitative estimate of drug-likeness (QED) is 0.804. The Hall–Kier alpha value is -2.86. The van der Waals surface area contributed by atoms with Gasteiger partial charge in [-0.1, -0.05) is 23.8 Å². The molecule has 6 heteroatoms. The first-order chi connectivity index (χ1) is 12.4. The highest BCUT2D eigenvalue weighted by atomic mass is 16.3. The van der Waals surface area contributed by atoms with Gasteiger partial charge in [0.2, 0.25) is 0 Å². The van der Waals surface area contributed by atoms with Crippen molar-refractivity contribution in [2.75, 3.05) is 20.2 Å². The van der Waals surface area contributed by atoms with Gasteiger partial charge in [-0.25, -0.2) is 0 Å². The molecule has 136 valence electrons. The summed E-state index contributed by atoms with van der Waals surface area (Å²) in [4.78, 5) is 28.9. The Labute approximate surface area is 152 Å². The molecule has 2 heterocycles. The Bertz CT molecular complexity index is 868. The average Bonchev–Trinajstić information content (AvgIpc) is 3.18. The molecular formula is C20H22N2O4. The molecule has 0 radical (unpaired) electrons. The summed E-state index contributed by atoms with van der Waals surface area (Å²) in [5.41, 5.74) is 3.42. The van der Waals surface area contributed by atoms with Crippen LogP contribution >= 0.6 is 0 Å². The Morgan fingerprint density at radius 3 is 2.54 bits per heavy atom. The van der Waals surface area contributed by atoms with Crippen LogP contribution in [0.1, 0.15) is 22.5 Å². The molecule has 1 aliphatic heterocycles. The Morgan fingerprint density at radius 1 is 1.15 bits per heavy atom. The molecule has 1 N–H and O–H groups in total. The second-order valence-electron chi connectivity index (χ2n) is 6.46. The van der Waals surface area contributed by atoms with Crippen LogP contribution in [0.5, 0.6) is 0 Å². The van der Waals surface area contributed by atoms with Crippen molar-refractivity contribution >= 4 is 17.4 Å². The fourth-order valence-corrected chi connectivity index (χ4v) is 3.22. The lowest BCUT2D eigenvalue weighted by molar-refractivity contribution is -0.138. The molecule has 1 aromatic carbocycles. The van der Waals surface area contributed by atoms with Crippen LogP contribution in [0.4, 0.5) is 0 Å². The van der Waals surface area contributed by atoms with Crippen LogP contribution in [0.3, 0.4) is 0 Å². The second-order valence-corrected chi connectivity index (χ2v) is 6.46. The fraction of sp³-hybridized carbons (Fsp3) is 0.300. The van der Waals surface area contributed by atoms with Gasteiger partial charge < -0.3 is 14.4 Å². The molecule has 3 rings (SSSR count). The largest absolute Gasteiger partial charge is 0.467 e. The highest BCUT2D eigenvalue weighted by Crippen LogP contribution is 2.33. The number of benzene rings is 1. The lowest BCUT2D eigenvalue weighted by atomic mass is 9.97. The molecule has 2 amide bonds. The summed E-state index contributed by atoms with van der Waals surface area (Å²) < 4.78 is 5.30. The van der Waals surface area contributed by atoms with Crippen molar-refractivity contribution < 1.29 is 19.1 Å². The number of imide groups is 1. The van der Waals surface area contributed by atoms with Crippen molar-refractivity contribution in [1.82, 2.24) is 9.80 Å². The minimum Gasteiger partial charge on any atom is -0.467 e. The van der Waals surface area contributed by atoms with Crippen molar-refractivity contribution in [1.29, 1.82) is 0 Å². The molecule has 26 heavy (non-hydrogen) atoms. The number of amides is 2.